The summed E-state index contributed by atoms with van der Waals surface area (Å²) in [6, 6.07) is 0. The summed E-state index contributed by atoms with van der Waals surface area (Å²) in [7, 11) is -14.6. The third-order valence-electron chi connectivity index (χ3n) is 20.7. The number of ketones is 1. The Kier molecular flexibility index (Phi) is 20.4. The third-order valence-corrected chi connectivity index (χ3v) is 22.1. The van der Waals surface area contributed by atoms with Gasteiger partial charge in [0.2, 0.25) is 0 Å². The van der Waals surface area contributed by atoms with Crippen molar-refractivity contribution < 1.29 is 144 Å². The Hall–Kier alpha value is -2.15. The zero-order valence-electron chi connectivity index (χ0n) is 50.2. The number of allylic oxidation sites excluding steroid dienone is 2. The molecule has 0 amide bonds. The molecule has 4 aliphatic carbocycles. The van der Waals surface area contributed by atoms with Gasteiger partial charge in [0.25, 0.3) is 0 Å². The molecular formula is C54H86O31S3. The molecule has 34 heteroatoms. The Morgan fingerprint density at radius 1 is 0.648 bits per heavy atom. The van der Waals surface area contributed by atoms with Gasteiger partial charge >= 0.3 is 37.2 Å². The molecule has 27 atom stereocenters. The zero-order chi connectivity index (χ0) is 65.0. The molecule has 5 aliphatic heterocycles. The highest BCUT2D eigenvalue weighted by molar-refractivity contribution is 7.81. The lowest BCUT2D eigenvalue weighted by molar-refractivity contribution is -0.389. The van der Waals surface area contributed by atoms with Gasteiger partial charge in [-0.15, -0.1) is 0 Å². The number of aliphatic hydroxyl groups is 7. The van der Waals surface area contributed by atoms with E-state index in [4.69, 9.17) is 56.1 Å². The quantitative estimate of drug-likeness (QED) is 0.0388. The molecule has 1 spiro atoms. The fraction of sp³-hybridized carbons (Fsp3) is 0.926. The minimum atomic E-state index is -5.25. The number of carbonyl (C=O) groups excluding carboxylic acids is 2. The van der Waals surface area contributed by atoms with Crippen LogP contribution in [-0.2, 0) is 101 Å². The molecule has 8 fully saturated rings. The van der Waals surface area contributed by atoms with Crippen molar-refractivity contribution in [2.45, 2.75) is 242 Å². The van der Waals surface area contributed by atoms with Crippen molar-refractivity contribution in [3.8, 4) is 0 Å². The second-order valence-electron chi connectivity index (χ2n) is 26.9. The van der Waals surface area contributed by atoms with Gasteiger partial charge in [-0.1, -0.05) is 53.2 Å². The normalized spacial score (nSPS) is 47.1. The summed E-state index contributed by atoms with van der Waals surface area (Å²) >= 11 is 0. The van der Waals surface area contributed by atoms with Crippen molar-refractivity contribution in [3.63, 3.8) is 0 Å². The summed E-state index contributed by atoms with van der Waals surface area (Å²) < 4.78 is 171. The van der Waals surface area contributed by atoms with E-state index in [1.807, 2.05) is 20.8 Å². The van der Waals surface area contributed by atoms with Gasteiger partial charge in [-0.05, 0) is 87.4 Å². The summed E-state index contributed by atoms with van der Waals surface area (Å²) in [6.07, 6.45) is -29.8. The molecule has 0 aromatic carbocycles. The molecule has 9 aliphatic rings. The number of aliphatic hydroxyl groups excluding tert-OH is 7. The van der Waals surface area contributed by atoms with Gasteiger partial charge in [0.1, 0.15) is 96.8 Å². The average molecular weight is 1330 g/mol. The minimum Gasteiger partial charge on any atom is -0.458 e. The van der Waals surface area contributed by atoms with E-state index in [2.05, 4.69) is 42.1 Å². The molecule has 31 nitrogen and oxygen atoms in total. The molecule has 0 aromatic heterocycles. The molecule has 0 radical (unpaired) electrons. The highest BCUT2D eigenvalue weighted by Gasteiger charge is 2.76. The fourth-order valence-electron chi connectivity index (χ4n) is 16.6. The molecule has 88 heavy (non-hydrogen) atoms. The molecule has 5 heterocycles. The van der Waals surface area contributed by atoms with Gasteiger partial charge in [0.05, 0.1) is 37.4 Å². The van der Waals surface area contributed by atoms with Crippen molar-refractivity contribution >= 4 is 42.9 Å². The SMILES string of the molecule is CO[C@@H]1[C@@H](O)[C@H](O[C@@H]2[C@@H](O)[C@H](O[C@H]3[C@H](O)[C@@H](O)[C@H](O[C@H]4[C@H](O[C@H]5CC[C@]6(C)[C@H]7CC[C@@]89C(=O)O[C@@](C)(CC(=O)CC(C)C)[C@H]8CC[C@@]9(C)C7=CC[C@H]6C5(C)C)OC[C@@H](OS(=O)(=O)O)[C@@H]4O)O[C@@H]3C)O[C@H](COS(=O)(=O)O)[C@H]2O)O[C@H](COS(=O)(=O)O)[C@H]1O. The Morgan fingerprint density at radius 2 is 1.22 bits per heavy atom. The van der Waals surface area contributed by atoms with Crippen LogP contribution >= 0.6 is 0 Å². The summed E-state index contributed by atoms with van der Waals surface area (Å²) in [4.78, 5) is 27.7. The van der Waals surface area contributed by atoms with E-state index in [1.54, 1.807) is 0 Å². The first-order chi connectivity index (χ1) is 40.7. The van der Waals surface area contributed by atoms with Crippen LogP contribution in [0.4, 0.5) is 0 Å². The van der Waals surface area contributed by atoms with Crippen LogP contribution in [0.1, 0.15) is 113 Å². The first kappa shape index (κ1) is 70.2. The highest BCUT2D eigenvalue weighted by atomic mass is 32.3. The minimum absolute atomic E-state index is 0.0313. The predicted octanol–water partition coefficient (Wildman–Crippen LogP) is -0.648. The maximum atomic E-state index is 14.4. The van der Waals surface area contributed by atoms with Crippen LogP contribution in [0.2, 0.25) is 0 Å². The summed E-state index contributed by atoms with van der Waals surface area (Å²) in [6.45, 7) is 12.8. The fourth-order valence-corrected chi connectivity index (χ4v) is 17.7. The van der Waals surface area contributed by atoms with Crippen LogP contribution in [0.5, 0.6) is 0 Å². The maximum absolute atomic E-state index is 14.4. The molecular weight excluding hydrogens is 1240 g/mol. The second-order valence-corrected chi connectivity index (χ2v) is 30.1. The number of rotatable bonds is 21. The highest BCUT2D eigenvalue weighted by Crippen LogP contribution is 2.76. The van der Waals surface area contributed by atoms with E-state index in [-0.39, 0.29) is 47.3 Å². The molecule has 3 saturated carbocycles. The molecule has 10 N–H and O–H groups in total. The number of fused-ring (bicyclic) bond motifs is 4. The van der Waals surface area contributed by atoms with Crippen molar-refractivity contribution in [2.75, 3.05) is 26.9 Å². The maximum Gasteiger partial charge on any atom is 0.397 e. The smallest absolute Gasteiger partial charge is 0.397 e. The van der Waals surface area contributed by atoms with E-state index >= 15 is 0 Å². The summed E-state index contributed by atoms with van der Waals surface area (Å²) in [5.74, 6) is -0.0671. The van der Waals surface area contributed by atoms with Crippen LogP contribution in [0.25, 0.3) is 0 Å². The van der Waals surface area contributed by atoms with Gasteiger partial charge in [-0.25, -0.2) is 12.5 Å². The number of cyclic esters (lactones) is 1. The number of methoxy groups -OCH3 is 1. The Balaban J connectivity index is 0.912. The van der Waals surface area contributed by atoms with Crippen LogP contribution in [0.15, 0.2) is 11.6 Å². The standard InChI is InChI=1S/C54H86O31S3/c1-23(2)18-25(55)19-53(8)32-13-16-52(7)27-10-11-31-50(4,5)33(14-15-51(31,6)26(27)12-17-54(32,52)49(63)84-53)80-48-44(36(58)30(20-74-48)85-88(70,71)72)83-45-38(60)37(59)41(24(3)77-45)81-47-40(62)43(35(57)29(79-47)22-76-87(67,68)69)82-46-39(61)42(73-9)34(56)28(78-46)21-75-86(64,65)66/h10,23-24,26,28-48,56-62H,11-22H2,1-9H3,(H,64,65,66)(H,67,68,69)(H,70,71,72)/t24-,26+,28-,29-,30-,31+,32-,33+,34-,35-,36+,37-,38-,39-,40-,41-,42+,43+,44-,45+,46+,47+,48+,51-,52+,53+,54+/m1/s1. The first-order valence-electron chi connectivity index (χ1n) is 29.5. The van der Waals surface area contributed by atoms with E-state index in [0.29, 0.717) is 38.5 Å². The summed E-state index contributed by atoms with van der Waals surface area (Å²) in [5.41, 5.74) is -1.93. The van der Waals surface area contributed by atoms with Crippen LogP contribution in [0, 0.1) is 45.3 Å². The van der Waals surface area contributed by atoms with Crippen LogP contribution in [0.3, 0.4) is 0 Å². The number of hydrogen-bond acceptors (Lipinski definition) is 28. The Bertz CT molecular complexity index is 2910. The van der Waals surface area contributed by atoms with Crippen LogP contribution < -0.4 is 0 Å². The number of Topliss-reactive ketones (excluding diaryl/α,β-unsaturated/α-hetero) is 1. The van der Waals surface area contributed by atoms with E-state index < -0.39 is 196 Å². The van der Waals surface area contributed by atoms with Crippen molar-refractivity contribution in [1.82, 2.24) is 0 Å². The van der Waals surface area contributed by atoms with Crippen molar-refractivity contribution in [3.05, 3.63) is 11.6 Å². The molecule has 506 valence electrons. The molecule has 5 saturated heterocycles. The predicted molar refractivity (Wildman–Crippen MR) is 292 cm³/mol. The lowest BCUT2D eigenvalue weighted by Crippen LogP contribution is -2.67. The first-order valence-corrected chi connectivity index (χ1v) is 33.6. The lowest BCUT2D eigenvalue weighted by Gasteiger charge is -2.64. The molecule has 0 unspecified atom stereocenters. The number of ether oxygens (including phenoxy) is 10. The lowest BCUT2D eigenvalue weighted by atomic mass is 9.41. The molecule has 0 bridgehead atoms. The van der Waals surface area contributed by atoms with Crippen molar-refractivity contribution in [2.24, 2.45) is 45.3 Å². The van der Waals surface area contributed by atoms with Gasteiger partial charge < -0.3 is 83.1 Å². The van der Waals surface area contributed by atoms with Gasteiger partial charge in [-0.2, -0.15) is 25.3 Å². The largest absolute Gasteiger partial charge is 0.458 e. The van der Waals surface area contributed by atoms with Crippen molar-refractivity contribution in [1.29, 1.82) is 0 Å². The third kappa shape index (κ3) is 13.3. The Labute approximate surface area is 510 Å². The number of carbonyl (C=O) groups is 2. The van der Waals surface area contributed by atoms with E-state index in [1.165, 1.54) is 12.5 Å². The monoisotopic (exact) mass is 1330 g/mol. The molecule has 9 rings (SSSR count). The Morgan fingerprint density at radius 3 is 1.80 bits per heavy atom. The van der Waals surface area contributed by atoms with E-state index in [9.17, 15) is 79.7 Å². The van der Waals surface area contributed by atoms with E-state index in [0.717, 1.165) is 20.0 Å². The second kappa shape index (κ2) is 25.5. The molecule has 0 aromatic rings. The number of hydrogen-bond donors (Lipinski definition) is 10. The van der Waals surface area contributed by atoms with Crippen LogP contribution in [-0.4, -0.2) is 242 Å². The summed E-state index contributed by atoms with van der Waals surface area (Å²) in [5, 5.41) is 80.2. The topological polar surface area (TPSA) is 459 Å². The zero-order valence-corrected chi connectivity index (χ0v) is 52.6. The van der Waals surface area contributed by atoms with Gasteiger partial charge in [0.15, 0.2) is 25.2 Å². The number of esters is 1. The average Bonchev–Trinajstić information content (AvgIpc) is 1.44. The van der Waals surface area contributed by atoms with Gasteiger partial charge in [-0.3, -0.25) is 23.2 Å². The van der Waals surface area contributed by atoms with Gasteiger partial charge in [0, 0.05) is 31.3 Å².